The summed E-state index contributed by atoms with van der Waals surface area (Å²) in [6, 6.07) is 0. The Morgan fingerprint density at radius 1 is 1.00 bits per heavy atom. The first-order chi connectivity index (χ1) is 8.61. The molecule has 0 aliphatic rings. The summed E-state index contributed by atoms with van der Waals surface area (Å²) in [5.41, 5.74) is 2.07. The molecule has 0 saturated heterocycles. The molecule has 0 rings (SSSR count). The highest BCUT2D eigenvalue weighted by atomic mass is 19.4. The van der Waals surface area contributed by atoms with Crippen LogP contribution in [0.5, 0.6) is 0 Å². The third-order valence-corrected chi connectivity index (χ3v) is 1.13. The van der Waals surface area contributed by atoms with Crippen molar-refractivity contribution in [2.45, 2.75) is 12.1 Å². The van der Waals surface area contributed by atoms with E-state index in [9.17, 15) is 26.7 Å². The molecule has 12 heteroatoms. The van der Waals surface area contributed by atoms with E-state index in [-0.39, 0.29) is 26.4 Å². The molecule has 0 amide bonds. The average Bonchev–Trinajstić information content (AvgIpc) is 2.28. The summed E-state index contributed by atoms with van der Waals surface area (Å²) in [7, 11) is 0. The highest BCUT2D eigenvalue weighted by molar-refractivity contribution is 5.76. The minimum Gasteiger partial charge on any atom is -0.477 e. The molecule has 0 saturated carbocycles. The van der Waals surface area contributed by atoms with Gasteiger partial charge in [-0.05, 0) is 0 Å². The molecule has 0 aliphatic heterocycles. The molecule has 0 aliphatic carbocycles. The minimum atomic E-state index is -6.02. The zero-order chi connectivity index (χ0) is 15.5. The number of nitrogens with one attached hydrogen (secondary N) is 1. The second-order valence-electron chi connectivity index (χ2n) is 2.60. The van der Waals surface area contributed by atoms with Crippen molar-refractivity contribution in [3.63, 3.8) is 0 Å². The molecule has 116 valence electrons. The number of aliphatic hydroxyl groups excluding tert-OH is 2. The molecule has 7 nitrogen and oxygen atoms in total. The Morgan fingerprint density at radius 2 is 1.37 bits per heavy atom. The van der Waals surface area contributed by atoms with E-state index in [1.165, 1.54) is 0 Å². The van der Waals surface area contributed by atoms with Crippen molar-refractivity contribution >= 4 is 5.97 Å². The maximum Gasteiger partial charge on any atom is 0.465 e. The molecule has 0 heterocycles. The monoisotopic (exact) mass is 301 g/mol. The van der Waals surface area contributed by atoms with Crippen molar-refractivity contribution in [1.82, 2.24) is 5.64 Å². The van der Waals surface area contributed by atoms with Gasteiger partial charge in [0.1, 0.15) is 0 Å². The summed E-state index contributed by atoms with van der Waals surface area (Å²) >= 11 is 0. The van der Waals surface area contributed by atoms with Gasteiger partial charge in [-0.25, -0.2) is 4.79 Å². The lowest BCUT2D eigenvalue weighted by atomic mass is 10.3. The van der Waals surface area contributed by atoms with E-state index in [0.29, 0.717) is 0 Å². The second kappa shape index (κ2) is 9.80. The summed E-state index contributed by atoms with van der Waals surface area (Å²) in [6.45, 7) is 0.224. The molecule has 0 atom stereocenters. The summed E-state index contributed by atoms with van der Waals surface area (Å²) < 4.78 is 55.5. The van der Waals surface area contributed by atoms with Crippen LogP contribution in [0.15, 0.2) is 0 Å². The third kappa shape index (κ3) is 9.49. The molecule has 0 aromatic heterocycles. The Hall–Kier alpha value is -1.08. The number of hydrogen-bond acceptors (Lipinski definition) is 6. The molecule has 0 aromatic carbocycles. The van der Waals surface area contributed by atoms with Gasteiger partial charge >= 0.3 is 18.1 Å². The topological polar surface area (TPSA) is 108 Å². The van der Waals surface area contributed by atoms with E-state index < -0.39 is 18.1 Å². The second-order valence-corrected chi connectivity index (χ2v) is 2.60. The number of aliphatic hydroxyl groups is 2. The van der Waals surface area contributed by atoms with Crippen LogP contribution in [0.4, 0.5) is 22.0 Å². The first kappa shape index (κ1) is 20.2. The van der Waals surface area contributed by atoms with Crippen LogP contribution in [0, 0.1) is 0 Å². The first-order valence-electron chi connectivity index (χ1n) is 4.49. The predicted octanol–water partition coefficient (Wildman–Crippen LogP) is -0.308. The third-order valence-electron chi connectivity index (χ3n) is 1.13. The SMILES string of the molecule is O=C(O)C(F)(F)C(F)(F)F.OCCONOCCO. The quantitative estimate of drug-likeness (QED) is 0.290. The van der Waals surface area contributed by atoms with Gasteiger partial charge in [-0.1, -0.05) is 5.64 Å². The van der Waals surface area contributed by atoms with Gasteiger partial charge in [-0.2, -0.15) is 22.0 Å². The molecule has 0 radical (unpaired) electrons. The maximum absolute atomic E-state index is 11.3. The van der Waals surface area contributed by atoms with Crippen LogP contribution >= 0.6 is 0 Å². The van der Waals surface area contributed by atoms with Crippen molar-refractivity contribution in [3.05, 3.63) is 0 Å². The number of halogens is 5. The highest BCUT2D eigenvalue weighted by Crippen LogP contribution is 2.35. The van der Waals surface area contributed by atoms with Crippen LogP contribution in [0.2, 0.25) is 0 Å². The number of hydrogen-bond donors (Lipinski definition) is 4. The van der Waals surface area contributed by atoms with Crippen LogP contribution in [-0.4, -0.2) is 59.8 Å². The smallest absolute Gasteiger partial charge is 0.465 e. The average molecular weight is 301 g/mol. The van der Waals surface area contributed by atoms with Gasteiger partial charge in [0.25, 0.3) is 0 Å². The standard InChI is InChI=1S/C4H11NO4.C3HF5O2/c6-1-3-8-5-9-4-2-7;4-2(5,1(9)10)3(6,7)8/h5-7H,1-4H2;(H,9,10). The number of rotatable bonds is 7. The van der Waals surface area contributed by atoms with Crippen LogP contribution < -0.4 is 5.64 Å². The first-order valence-corrected chi connectivity index (χ1v) is 4.49. The molecule has 0 aromatic rings. The van der Waals surface area contributed by atoms with E-state index >= 15 is 0 Å². The van der Waals surface area contributed by atoms with Gasteiger partial charge < -0.3 is 15.3 Å². The lowest BCUT2D eigenvalue weighted by Gasteiger charge is -2.13. The lowest BCUT2D eigenvalue weighted by molar-refractivity contribution is -0.277. The minimum absolute atomic E-state index is 0.0600. The molecular weight excluding hydrogens is 289 g/mol. The number of carbonyl (C=O) groups is 1. The molecule has 0 fully saturated rings. The van der Waals surface area contributed by atoms with E-state index in [4.69, 9.17) is 15.3 Å². The number of alkyl halides is 5. The van der Waals surface area contributed by atoms with Crippen molar-refractivity contribution in [1.29, 1.82) is 0 Å². The van der Waals surface area contributed by atoms with Gasteiger partial charge in [0.05, 0.1) is 26.4 Å². The normalized spacial score (nSPS) is 11.7. The molecule has 0 spiro atoms. The fourth-order valence-electron chi connectivity index (χ4n) is 0.338. The fourth-order valence-corrected chi connectivity index (χ4v) is 0.338. The van der Waals surface area contributed by atoms with E-state index in [1.807, 2.05) is 0 Å². The molecule has 0 bridgehead atoms. The van der Waals surface area contributed by atoms with Gasteiger partial charge in [0.15, 0.2) is 0 Å². The Bertz CT molecular complexity index is 243. The van der Waals surface area contributed by atoms with E-state index in [1.54, 1.807) is 0 Å². The zero-order valence-corrected chi connectivity index (χ0v) is 9.28. The maximum atomic E-state index is 11.3. The van der Waals surface area contributed by atoms with Gasteiger partial charge in [0, 0.05) is 0 Å². The predicted molar refractivity (Wildman–Crippen MR) is 47.8 cm³/mol. The van der Waals surface area contributed by atoms with Crippen LogP contribution in [0.3, 0.4) is 0 Å². The van der Waals surface area contributed by atoms with Crippen molar-refractivity contribution in [3.8, 4) is 0 Å². The van der Waals surface area contributed by atoms with Crippen LogP contribution in [-0.2, 0) is 14.5 Å². The van der Waals surface area contributed by atoms with Crippen molar-refractivity contribution < 1.29 is 51.7 Å². The Labute approximate surface area is 103 Å². The van der Waals surface area contributed by atoms with Gasteiger partial charge in [-0.3, -0.25) is 9.68 Å². The van der Waals surface area contributed by atoms with Crippen molar-refractivity contribution in [2.75, 3.05) is 26.4 Å². The molecule has 4 N–H and O–H groups in total. The fraction of sp³-hybridized carbons (Fsp3) is 0.857. The Balaban J connectivity index is 0. The highest BCUT2D eigenvalue weighted by Gasteiger charge is 2.64. The molecule has 19 heavy (non-hydrogen) atoms. The number of carboxylic acids is 1. The summed E-state index contributed by atoms with van der Waals surface area (Å²) in [5, 5.41) is 23.6. The lowest BCUT2D eigenvalue weighted by Crippen LogP contribution is -2.43. The van der Waals surface area contributed by atoms with Gasteiger partial charge in [-0.15, -0.1) is 0 Å². The Kier molecular flexibility index (Phi) is 10.4. The van der Waals surface area contributed by atoms with Crippen LogP contribution in [0.25, 0.3) is 0 Å². The summed E-state index contributed by atoms with van der Waals surface area (Å²) in [5.74, 6) is -8.84. The van der Waals surface area contributed by atoms with Crippen LogP contribution in [0.1, 0.15) is 0 Å². The summed E-state index contributed by atoms with van der Waals surface area (Å²) in [6.07, 6.45) is -6.02. The number of aliphatic carboxylic acids is 1. The largest absolute Gasteiger partial charge is 0.477 e. The van der Waals surface area contributed by atoms with Crippen molar-refractivity contribution in [2.24, 2.45) is 0 Å². The van der Waals surface area contributed by atoms with Gasteiger partial charge in [0.2, 0.25) is 0 Å². The number of carboxylic acid groups (broad SMARTS) is 1. The molecular formula is C7H12F5NO6. The zero-order valence-electron chi connectivity index (χ0n) is 9.28. The van der Waals surface area contributed by atoms with E-state index in [0.717, 1.165) is 0 Å². The van der Waals surface area contributed by atoms with E-state index in [2.05, 4.69) is 15.3 Å². The Morgan fingerprint density at radius 3 is 1.53 bits per heavy atom. The molecule has 0 unspecified atom stereocenters. The summed E-state index contributed by atoms with van der Waals surface area (Å²) in [4.78, 5) is 18.1.